The fourth-order valence-electron chi connectivity index (χ4n) is 2.00. The van der Waals surface area contributed by atoms with E-state index in [4.69, 9.17) is 0 Å². The molecule has 5 nitrogen and oxygen atoms in total. The van der Waals surface area contributed by atoms with Crippen LogP contribution < -0.4 is 5.32 Å². The van der Waals surface area contributed by atoms with E-state index in [1.165, 1.54) is 6.92 Å². The molecule has 1 aromatic carbocycles. The van der Waals surface area contributed by atoms with Gasteiger partial charge in [0.15, 0.2) is 0 Å². The lowest BCUT2D eigenvalue weighted by Gasteiger charge is -2.22. The molecule has 1 aromatic heterocycles. The molecule has 0 spiro atoms. The maximum Gasteiger partial charge on any atom is 0.217 e. The standard InChI is InChI=1S/C14H16N2O3/c1-9(18)16-13(8-17)14(19)11-4-5-12-10(7-11)3-2-6-15-12/h2-7,13-14,17,19H,8H2,1H3,(H,16,18)/t13-,14-/m1/s1. The molecule has 2 atom stereocenters. The highest BCUT2D eigenvalue weighted by atomic mass is 16.3. The van der Waals surface area contributed by atoms with E-state index < -0.39 is 12.1 Å². The first-order valence-corrected chi connectivity index (χ1v) is 6.02. The van der Waals surface area contributed by atoms with E-state index in [1.807, 2.05) is 12.1 Å². The van der Waals surface area contributed by atoms with Crippen LogP contribution in [0.4, 0.5) is 0 Å². The van der Waals surface area contributed by atoms with Crippen molar-refractivity contribution in [2.75, 3.05) is 6.61 Å². The van der Waals surface area contributed by atoms with E-state index >= 15 is 0 Å². The number of aliphatic hydroxyl groups is 2. The Kier molecular flexibility index (Phi) is 4.09. The minimum absolute atomic E-state index is 0.291. The summed E-state index contributed by atoms with van der Waals surface area (Å²) in [6.07, 6.45) is 0.741. The molecule has 2 aromatic rings. The number of nitrogens with one attached hydrogen (secondary N) is 1. The minimum atomic E-state index is -0.960. The number of nitrogens with zero attached hydrogens (tertiary/aromatic N) is 1. The van der Waals surface area contributed by atoms with Gasteiger partial charge < -0.3 is 15.5 Å². The summed E-state index contributed by atoms with van der Waals surface area (Å²) >= 11 is 0. The Hall–Kier alpha value is -1.98. The third kappa shape index (κ3) is 3.07. The molecule has 0 radical (unpaired) electrons. The van der Waals surface area contributed by atoms with Gasteiger partial charge in [-0.25, -0.2) is 0 Å². The first-order valence-electron chi connectivity index (χ1n) is 6.02. The van der Waals surface area contributed by atoms with E-state index in [9.17, 15) is 15.0 Å². The zero-order valence-corrected chi connectivity index (χ0v) is 10.6. The van der Waals surface area contributed by atoms with Crippen molar-refractivity contribution in [2.24, 2.45) is 0 Å². The van der Waals surface area contributed by atoms with Gasteiger partial charge in [-0.05, 0) is 23.8 Å². The van der Waals surface area contributed by atoms with Gasteiger partial charge in [0.05, 0.1) is 18.2 Å². The average Bonchev–Trinajstić information content (AvgIpc) is 2.43. The normalized spacial score (nSPS) is 14.1. The number of amides is 1. The highest BCUT2D eigenvalue weighted by molar-refractivity contribution is 5.79. The summed E-state index contributed by atoms with van der Waals surface area (Å²) in [6, 6.07) is 8.34. The van der Waals surface area contributed by atoms with E-state index in [1.54, 1.807) is 24.4 Å². The van der Waals surface area contributed by atoms with Crippen molar-refractivity contribution >= 4 is 16.8 Å². The summed E-state index contributed by atoms with van der Waals surface area (Å²) in [4.78, 5) is 15.2. The molecule has 1 amide bonds. The van der Waals surface area contributed by atoms with Gasteiger partial charge in [0, 0.05) is 18.5 Å². The highest BCUT2D eigenvalue weighted by Gasteiger charge is 2.21. The molecule has 1 heterocycles. The van der Waals surface area contributed by atoms with E-state index in [0.29, 0.717) is 5.56 Å². The Morgan fingerprint density at radius 1 is 1.42 bits per heavy atom. The number of aromatic nitrogens is 1. The van der Waals surface area contributed by atoms with Crippen LogP contribution in [-0.4, -0.2) is 33.8 Å². The number of hydrogen-bond donors (Lipinski definition) is 3. The molecule has 0 fully saturated rings. The molecular weight excluding hydrogens is 244 g/mol. The molecule has 0 aliphatic rings. The van der Waals surface area contributed by atoms with E-state index in [2.05, 4.69) is 10.3 Å². The van der Waals surface area contributed by atoms with Crippen molar-refractivity contribution in [3.8, 4) is 0 Å². The van der Waals surface area contributed by atoms with E-state index in [0.717, 1.165) is 10.9 Å². The topological polar surface area (TPSA) is 82.5 Å². The molecule has 100 valence electrons. The van der Waals surface area contributed by atoms with Crippen LogP contribution in [0.1, 0.15) is 18.6 Å². The lowest BCUT2D eigenvalue weighted by molar-refractivity contribution is -0.121. The van der Waals surface area contributed by atoms with Gasteiger partial charge in [0.25, 0.3) is 0 Å². The van der Waals surface area contributed by atoms with Crippen molar-refractivity contribution < 1.29 is 15.0 Å². The third-order valence-corrected chi connectivity index (χ3v) is 2.94. The summed E-state index contributed by atoms with van der Waals surface area (Å²) in [5.41, 5.74) is 1.46. The number of fused-ring (bicyclic) bond motifs is 1. The lowest BCUT2D eigenvalue weighted by atomic mass is 10.0. The second-order valence-electron chi connectivity index (χ2n) is 4.39. The van der Waals surface area contributed by atoms with Crippen LogP contribution in [-0.2, 0) is 4.79 Å². The van der Waals surface area contributed by atoms with Gasteiger partial charge in [-0.2, -0.15) is 0 Å². The van der Waals surface area contributed by atoms with Gasteiger partial charge in [0.2, 0.25) is 5.91 Å². The first-order chi connectivity index (χ1) is 9.11. The zero-order chi connectivity index (χ0) is 13.8. The van der Waals surface area contributed by atoms with Gasteiger partial charge in [0.1, 0.15) is 6.10 Å². The molecule has 0 aliphatic heterocycles. The Labute approximate surface area is 110 Å². The van der Waals surface area contributed by atoms with Gasteiger partial charge in [-0.15, -0.1) is 0 Å². The highest BCUT2D eigenvalue weighted by Crippen LogP contribution is 2.21. The molecule has 5 heteroatoms. The van der Waals surface area contributed by atoms with Gasteiger partial charge >= 0.3 is 0 Å². The number of pyridine rings is 1. The zero-order valence-electron chi connectivity index (χ0n) is 10.6. The summed E-state index contributed by atoms with van der Waals surface area (Å²) in [5.74, 6) is -0.291. The van der Waals surface area contributed by atoms with Crippen molar-refractivity contribution in [3.05, 3.63) is 42.1 Å². The average molecular weight is 260 g/mol. The van der Waals surface area contributed by atoms with Crippen LogP contribution in [0, 0.1) is 0 Å². The van der Waals surface area contributed by atoms with Crippen LogP contribution in [0.3, 0.4) is 0 Å². The number of carbonyl (C=O) groups excluding carboxylic acids is 1. The molecule has 0 unspecified atom stereocenters. The van der Waals surface area contributed by atoms with Crippen LogP contribution in [0.25, 0.3) is 10.9 Å². The van der Waals surface area contributed by atoms with Crippen molar-refractivity contribution in [1.29, 1.82) is 0 Å². The van der Waals surface area contributed by atoms with Crippen molar-refractivity contribution in [1.82, 2.24) is 10.3 Å². The Balaban J connectivity index is 2.29. The van der Waals surface area contributed by atoms with Crippen LogP contribution >= 0.6 is 0 Å². The fraction of sp³-hybridized carbons (Fsp3) is 0.286. The molecule has 0 aliphatic carbocycles. The van der Waals surface area contributed by atoms with Gasteiger partial charge in [-0.3, -0.25) is 9.78 Å². The first kappa shape index (κ1) is 13.5. The molecule has 0 saturated carbocycles. The summed E-state index contributed by atoms with van der Waals surface area (Å²) in [5, 5.41) is 22.8. The molecule has 0 saturated heterocycles. The second-order valence-corrected chi connectivity index (χ2v) is 4.39. The van der Waals surface area contributed by atoms with Crippen molar-refractivity contribution in [2.45, 2.75) is 19.1 Å². The number of carbonyl (C=O) groups is 1. The SMILES string of the molecule is CC(=O)N[C@H](CO)[C@H](O)c1ccc2ncccc2c1. The number of hydrogen-bond acceptors (Lipinski definition) is 4. The van der Waals surface area contributed by atoms with E-state index in [-0.39, 0.29) is 12.5 Å². The second kappa shape index (κ2) is 5.77. The predicted molar refractivity (Wildman–Crippen MR) is 71.4 cm³/mol. The fourth-order valence-corrected chi connectivity index (χ4v) is 2.00. The Morgan fingerprint density at radius 2 is 2.21 bits per heavy atom. The third-order valence-electron chi connectivity index (χ3n) is 2.94. The predicted octanol–water partition coefficient (Wildman–Crippen LogP) is 0.765. The van der Waals surface area contributed by atoms with Crippen LogP contribution in [0.15, 0.2) is 36.5 Å². The number of rotatable bonds is 4. The lowest BCUT2D eigenvalue weighted by Crippen LogP contribution is -2.40. The van der Waals surface area contributed by atoms with Gasteiger partial charge in [-0.1, -0.05) is 12.1 Å². The summed E-state index contributed by atoms with van der Waals surface area (Å²) in [7, 11) is 0. The maximum atomic E-state index is 11.0. The van der Waals surface area contributed by atoms with Crippen molar-refractivity contribution in [3.63, 3.8) is 0 Å². The molecular formula is C14H16N2O3. The molecule has 0 bridgehead atoms. The molecule has 19 heavy (non-hydrogen) atoms. The quantitative estimate of drug-likeness (QED) is 0.758. The van der Waals surface area contributed by atoms with Crippen LogP contribution in [0.2, 0.25) is 0 Å². The summed E-state index contributed by atoms with van der Waals surface area (Å²) in [6.45, 7) is 1.02. The minimum Gasteiger partial charge on any atom is -0.394 e. The van der Waals surface area contributed by atoms with Crippen LogP contribution in [0.5, 0.6) is 0 Å². The maximum absolute atomic E-state index is 11.0. The smallest absolute Gasteiger partial charge is 0.217 e. The Morgan fingerprint density at radius 3 is 2.89 bits per heavy atom. The largest absolute Gasteiger partial charge is 0.394 e. The Bertz CT molecular complexity index is 586. The summed E-state index contributed by atoms with van der Waals surface area (Å²) < 4.78 is 0. The molecule has 2 rings (SSSR count). The molecule has 3 N–H and O–H groups in total. The number of aliphatic hydroxyl groups excluding tert-OH is 2. The number of benzene rings is 1. The monoisotopic (exact) mass is 260 g/mol.